The van der Waals surface area contributed by atoms with E-state index in [0.717, 1.165) is 12.1 Å². The molecule has 2 rings (SSSR count). The Hall–Kier alpha value is -2.76. The second-order valence-electron chi connectivity index (χ2n) is 6.11. The van der Waals surface area contributed by atoms with Gasteiger partial charge in [0.05, 0.1) is 0 Å². The number of carboxylic acids is 1. The topological polar surface area (TPSA) is 66.4 Å². The zero-order valence-corrected chi connectivity index (χ0v) is 13.9. The highest BCUT2D eigenvalue weighted by Gasteiger charge is 2.37. The lowest BCUT2D eigenvalue weighted by Crippen LogP contribution is -2.49. The molecule has 0 aliphatic rings. The van der Waals surface area contributed by atoms with Gasteiger partial charge in [0.1, 0.15) is 11.6 Å². The van der Waals surface area contributed by atoms with Gasteiger partial charge in [-0.3, -0.25) is 4.79 Å². The molecule has 0 saturated heterocycles. The summed E-state index contributed by atoms with van der Waals surface area (Å²) in [6, 6.07) is 11.0. The molecule has 0 aliphatic heterocycles. The summed E-state index contributed by atoms with van der Waals surface area (Å²) in [6.07, 6.45) is -0.0784. The molecule has 132 valence electrons. The predicted octanol–water partition coefficient (Wildman–Crippen LogP) is 3.57. The highest BCUT2D eigenvalue weighted by Crippen LogP contribution is 2.25. The number of hydrogen-bond acceptors (Lipinski definition) is 2. The van der Waals surface area contributed by atoms with Crippen LogP contribution in [0, 0.1) is 11.6 Å². The van der Waals surface area contributed by atoms with Crippen LogP contribution in [0.2, 0.25) is 0 Å². The van der Waals surface area contributed by atoms with Crippen molar-refractivity contribution < 1.29 is 23.5 Å². The van der Waals surface area contributed by atoms with Crippen LogP contribution in [0.5, 0.6) is 0 Å². The van der Waals surface area contributed by atoms with Gasteiger partial charge in [-0.1, -0.05) is 37.3 Å². The minimum Gasteiger partial charge on any atom is -0.479 e. The average molecular weight is 347 g/mol. The first-order valence-electron chi connectivity index (χ1n) is 7.79. The van der Waals surface area contributed by atoms with Gasteiger partial charge in [0.25, 0.3) is 0 Å². The van der Waals surface area contributed by atoms with Gasteiger partial charge in [0.2, 0.25) is 5.91 Å². The standard InChI is InChI=1S/C19H19F2NO3/c1-12(15-5-3-4-6-16(15)21)11-17(23)22-19(2,18(24)25)13-7-9-14(20)10-8-13/h3-10,12H,11H2,1-2H3,(H,22,23)(H,24,25). The summed E-state index contributed by atoms with van der Waals surface area (Å²) < 4.78 is 26.9. The van der Waals surface area contributed by atoms with Gasteiger partial charge in [0.15, 0.2) is 5.54 Å². The molecule has 0 aromatic heterocycles. The number of amides is 1. The fraction of sp³-hybridized carbons (Fsp3) is 0.263. The summed E-state index contributed by atoms with van der Waals surface area (Å²) in [7, 11) is 0. The summed E-state index contributed by atoms with van der Waals surface area (Å²) >= 11 is 0. The number of carbonyl (C=O) groups excluding carboxylic acids is 1. The molecule has 0 radical (unpaired) electrons. The van der Waals surface area contributed by atoms with Crippen LogP contribution in [0.1, 0.15) is 37.3 Å². The lowest BCUT2D eigenvalue weighted by Gasteiger charge is -2.27. The fourth-order valence-corrected chi connectivity index (χ4v) is 2.63. The molecule has 25 heavy (non-hydrogen) atoms. The minimum absolute atomic E-state index is 0.0784. The molecule has 0 heterocycles. The molecular formula is C19H19F2NO3. The Kier molecular flexibility index (Phi) is 5.51. The van der Waals surface area contributed by atoms with E-state index in [9.17, 15) is 23.5 Å². The first kappa shape index (κ1) is 18.6. The predicted molar refractivity (Wildman–Crippen MR) is 89.0 cm³/mol. The van der Waals surface area contributed by atoms with Crippen LogP contribution in [0.4, 0.5) is 8.78 Å². The van der Waals surface area contributed by atoms with E-state index in [4.69, 9.17) is 0 Å². The zero-order chi connectivity index (χ0) is 18.6. The first-order chi connectivity index (χ1) is 11.7. The van der Waals surface area contributed by atoms with E-state index in [1.54, 1.807) is 25.1 Å². The minimum atomic E-state index is -1.71. The van der Waals surface area contributed by atoms with Gasteiger partial charge in [-0.05, 0) is 42.2 Å². The lowest BCUT2D eigenvalue weighted by molar-refractivity contribution is -0.147. The van der Waals surface area contributed by atoms with Crippen molar-refractivity contribution in [1.82, 2.24) is 5.32 Å². The second-order valence-corrected chi connectivity index (χ2v) is 6.11. The SMILES string of the molecule is CC(CC(=O)NC(C)(C(=O)O)c1ccc(F)cc1)c1ccccc1F. The van der Waals surface area contributed by atoms with Crippen LogP contribution in [0.3, 0.4) is 0 Å². The Labute approximate surface area is 144 Å². The summed E-state index contributed by atoms with van der Waals surface area (Å²) in [5.74, 6) is -3.15. The van der Waals surface area contributed by atoms with Gasteiger partial charge in [-0.2, -0.15) is 0 Å². The van der Waals surface area contributed by atoms with Crippen molar-refractivity contribution >= 4 is 11.9 Å². The van der Waals surface area contributed by atoms with E-state index in [1.165, 1.54) is 25.1 Å². The van der Waals surface area contributed by atoms with E-state index in [0.29, 0.717) is 5.56 Å². The normalized spacial score (nSPS) is 14.4. The van der Waals surface area contributed by atoms with E-state index in [-0.39, 0.29) is 12.0 Å². The molecule has 0 aliphatic carbocycles. The molecule has 2 unspecified atom stereocenters. The van der Waals surface area contributed by atoms with Crippen molar-refractivity contribution in [3.63, 3.8) is 0 Å². The number of nitrogens with one attached hydrogen (secondary N) is 1. The Balaban J connectivity index is 2.17. The van der Waals surface area contributed by atoms with E-state index in [2.05, 4.69) is 5.32 Å². The van der Waals surface area contributed by atoms with Crippen LogP contribution in [-0.2, 0) is 15.1 Å². The number of carbonyl (C=O) groups is 2. The highest BCUT2D eigenvalue weighted by molar-refractivity contribution is 5.88. The molecule has 0 saturated carbocycles. The third-order valence-corrected chi connectivity index (χ3v) is 4.17. The molecule has 2 N–H and O–H groups in total. The lowest BCUT2D eigenvalue weighted by atomic mass is 9.90. The van der Waals surface area contributed by atoms with Gasteiger partial charge >= 0.3 is 5.97 Å². The molecule has 6 heteroatoms. The van der Waals surface area contributed by atoms with Crippen molar-refractivity contribution in [2.24, 2.45) is 0 Å². The number of rotatable bonds is 6. The molecule has 2 aromatic rings. The Morgan fingerprint density at radius 3 is 2.28 bits per heavy atom. The smallest absolute Gasteiger partial charge is 0.333 e. The quantitative estimate of drug-likeness (QED) is 0.839. The molecule has 4 nitrogen and oxygen atoms in total. The average Bonchev–Trinajstić information content (AvgIpc) is 2.55. The second kappa shape index (κ2) is 7.42. The summed E-state index contributed by atoms with van der Waals surface area (Å²) in [6.45, 7) is 3.02. The fourth-order valence-electron chi connectivity index (χ4n) is 2.63. The van der Waals surface area contributed by atoms with Crippen LogP contribution >= 0.6 is 0 Å². The van der Waals surface area contributed by atoms with E-state index in [1.807, 2.05) is 0 Å². The third kappa shape index (κ3) is 4.21. The monoisotopic (exact) mass is 347 g/mol. The number of halogens is 2. The largest absolute Gasteiger partial charge is 0.479 e. The van der Waals surface area contributed by atoms with E-state index >= 15 is 0 Å². The third-order valence-electron chi connectivity index (χ3n) is 4.17. The molecule has 0 spiro atoms. The Morgan fingerprint density at radius 1 is 1.12 bits per heavy atom. The van der Waals surface area contributed by atoms with Crippen molar-refractivity contribution in [2.75, 3.05) is 0 Å². The van der Waals surface area contributed by atoms with Crippen molar-refractivity contribution in [2.45, 2.75) is 31.7 Å². The molecule has 2 aromatic carbocycles. The maximum absolute atomic E-state index is 13.8. The van der Waals surface area contributed by atoms with Crippen molar-refractivity contribution in [3.05, 3.63) is 71.3 Å². The number of aliphatic carboxylic acids is 1. The van der Waals surface area contributed by atoms with Crippen molar-refractivity contribution in [3.8, 4) is 0 Å². The number of hydrogen-bond donors (Lipinski definition) is 2. The number of benzene rings is 2. The number of carboxylic acid groups (broad SMARTS) is 1. The molecule has 2 atom stereocenters. The summed E-state index contributed by atoms with van der Waals surface area (Å²) in [4.78, 5) is 24.0. The van der Waals surface area contributed by atoms with Crippen LogP contribution in [-0.4, -0.2) is 17.0 Å². The molecule has 1 amide bonds. The van der Waals surface area contributed by atoms with E-state index < -0.39 is 35.0 Å². The van der Waals surface area contributed by atoms with Gasteiger partial charge < -0.3 is 10.4 Å². The highest BCUT2D eigenvalue weighted by atomic mass is 19.1. The van der Waals surface area contributed by atoms with Crippen LogP contribution in [0.15, 0.2) is 48.5 Å². The van der Waals surface area contributed by atoms with Crippen LogP contribution < -0.4 is 5.32 Å². The first-order valence-corrected chi connectivity index (χ1v) is 7.79. The Morgan fingerprint density at radius 2 is 1.72 bits per heavy atom. The van der Waals surface area contributed by atoms with Gasteiger partial charge in [-0.15, -0.1) is 0 Å². The molecule has 0 fully saturated rings. The van der Waals surface area contributed by atoms with Gasteiger partial charge in [-0.25, -0.2) is 13.6 Å². The summed E-state index contributed by atoms with van der Waals surface area (Å²) in [5.41, 5.74) is -1.08. The maximum atomic E-state index is 13.8. The Bertz CT molecular complexity index is 776. The zero-order valence-electron chi connectivity index (χ0n) is 13.9. The van der Waals surface area contributed by atoms with Crippen molar-refractivity contribution in [1.29, 1.82) is 0 Å². The van der Waals surface area contributed by atoms with Gasteiger partial charge in [0, 0.05) is 6.42 Å². The maximum Gasteiger partial charge on any atom is 0.333 e. The molecule has 0 bridgehead atoms. The molecular weight excluding hydrogens is 328 g/mol. The summed E-state index contributed by atoms with van der Waals surface area (Å²) in [5, 5.41) is 12.0. The van der Waals surface area contributed by atoms with Crippen LogP contribution in [0.25, 0.3) is 0 Å².